The second kappa shape index (κ2) is 11.6. The van der Waals surface area contributed by atoms with E-state index in [1.165, 1.54) is 4.90 Å². The number of morpholine rings is 1. The minimum absolute atomic E-state index is 0.146. The number of aliphatic hydroxyl groups excluding tert-OH is 1. The number of amides is 3. The molecule has 0 saturated carbocycles. The minimum Gasteiger partial charge on any atom is -0.394 e. The lowest BCUT2D eigenvalue weighted by Gasteiger charge is -2.40. The van der Waals surface area contributed by atoms with Crippen LogP contribution in [0.3, 0.4) is 0 Å². The predicted octanol–water partition coefficient (Wildman–Crippen LogP) is 1.06. The number of fused-ring (bicyclic) bond motifs is 2. The van der Waals surface area contributed by atoms with Crippen LogP contribution in [-0.2, 0) is 30.4 Å². The first-order valence-electron chi connectivity index (χ1n) is 15.3. The van der Waals surface area contributed by atoms with Crippen LogP contribution in [0.25, 0.3) is 0 Å². The lowest BCUT2D eigenvalue weighted by molar-refractivity contribution is -0.157. The Morgan fingerprint density at radius 3 is 2.36 bits per heavy atom. The Balaban J connectivity index is 1.37. The van der Waals surface area contributed by atoms with Crippen molar-refractivity contribution in [1.29, 1.82) is 0 Å². The van der Waals surface area contributed by atoms with Gasteiger partial charge in [0.1, 0.15) is 11.6 Å². The van der Waals surface area contributed by atoms with E-state index in [0.717, 1.165) is 18.7 Å². The molecule has 0 aliphatic carbocycles. The summed E-state index contributed by atoms with van der Waals surface area (Å²) in [6.07, 6.45) is 8.21. The third kappa shape index (κ3) is 4.69. The molecule has 3 saturated heterocycles. The summed E-state index contributed by atoms with van der Waals surface area (Å²) in [6.45, 7) is 8.82. The van der Waals surface area contributed by atoms with Gasteiger partial charge in [0.2, 0.25) is 17.7 Å². The molecule has 0 aromatic heterocycles. The second-order valence-electron chi connectivity index (χ2n) is 12.1. The molecule has 10 nitrogen and oxygen atoms in total. The molecule has 3 amide bonds. The van der Waals surface area contributed by atoms with Crippen molar-refractivity contribution in [2.24, 2.45) is 11.8 Å². The quantitative estimate of drug-likeness (QED) is 0.461. The maximum atomic E-state index is 14.5. The predicted molar refractivity (Wildman–Crippen MR) is 155 cm³/mol. The van der Waals surface area contributed by atoms with Crippen LogP contribution in [0.4, 0.5) is 0 Å². The standard InChI is InChI=1S/C32H42N4O6/c1-3-31-11-7-14-35(21-24-9-5-4-6-10-24)28(38)25(31)26-29(39)36(23(2)22-37)27-30(40)34(13-8-12-32(26,27)42-31)16-15-33-17-19-41-20-18-33/h4-12,23,25-27,37H,3,13-22H2,1-2H3/t23-,25+,26+,27?,31-,32+/m1/s1. The zero-order chi connectivity index (χ0) is 29.5. The largest absolute Gasteiger partial charge is 0.394 e. The summed E-state index contributed by atoms with van der Waals surface area (Å²) >= 11 is 0. The molecule has 6 atom stereocenters. The number of carbonyl (C=O) groups is 3. The van der Waals surface area contributed by atoms with Gasteiger partial charge >= 0.3 is 0 Å². The van der Waals surface area contributed by atoms with E-state index >= 15 is 0 Å². The minimum atomic E-state index is -1.32. The molecule has 0 radical (unpaired) electrons. The SMILES string of the molecule is CC[C@@]12C=CCN(Cc3ccccc3)C(=O)[C@@H]1[C@H]1C(=O)N([C@H](C)CO)C3C(=O)N(CCN4CCOCC4)CC=C[C@@]31O2. The number of hydrogen-bond acceptors (Lipinski definition) is 7. The number of ether oxygens (including phenoxy) is 2. The smallest absolute Gasteiger partial charge is 0.249 e. The van der Waals surface area contributed by atoms with E-state index in [9.17, 15) is 19.5 Å². The molecule has 5 aliphatic heterocycles. The molecule has 1 aromatic carbocycles. The Morgan fingerprint density at radius 1 is 0.929 bits per heavy atom. The van der Waals surface area contributed by atoms with Crippen LogP contribution >= 0.6 is 0 Å². The van der Waals surface area contributed by atoms with Gasteiger partial charge in [0.15, 0.2) is 0 Å². The van der Waals surface area contributed by atoms with Crippen molar-refractivity contribution < 1.29 is 29.0 Å². The third-order valence-electron chi connectivity index (χ3n) is 9.79. The normalized spacial score (nSPS) is 33.8. The van der Waals surface area contributed by atoms with Gasteiger partial charge < -0.3 is 29.3 Å². The van der Waals surface area contributed by atoms with Crippen LogP contribution in [0.2, 0.25) is 0 Å². The summed E-state index contributed by atoms with van der Waals surface area (Å²) in [6, 6.07) is 8.23. The highest BCUT2D eigenvalue weighted by Crippen LogP contribution is 2.58. The van der Waals surface area contributed by atoms with E-state index in [4.69, 9.17) is 9.47 Å². The van der Waals surface area contributed by atoms with Crippen molar-refractivity contribution in [2.75, 3.05) is 59.1 Å². The van der Waals surface area contributed by atoms with Crippen LogP contribution < -0.4 is 0 Å². The Bertz CT molecular complexity index is 1250. The van der Waals surface area contributed by atoms with Gasteiger partial charge in [-0.2, -0.15) is 0 Å². The average Bonchev–Trinajstić information content (AvgIpc) is 3.32. The van der Waals surface area contributed by atoms with Gasteiger partial charge in [0, 0.05) is 45.8 Å². The van der Waals surface area contributed by atoms with Gasteiger partial charge in [-0.15, -0.1) is 0 Å². The van der Waals surface area contributed by atoms with Gasteiger partial charge in [-0.25, -0.2) is 0 Å². The molecular weight excluding hydrogens is 536 g/mol. The van der Waals surface area contributed by atoms with Crippen molar-refractivity contribution in [3.63, 3.8) is 0 Å². The Kier molecular flexibility index (Phi) is 7.99. The summed E-state index contributed by atoms with van der Waals surface area (Å²) in [5.74, 6) is -2.34. The maximum absolute atomic E-state index is 14.5. The van der Waals surface area contributed by atoms with Crippen molar-refractivity contribution in [1.82, 2.24) is 19.6 Å². The van der Waals surface area contributed by atoms with E-state index in [-0.39, 0.29) is 24.3 Å². The monoisotopic (exact) mass is 578 g/mol. The molecule has 226 valence electrons. The number of aliphatic hydroxyl groups is 1. The fourth-order valence-corrected chi connectivity index (χ4v) is 7.59. The van der Waals surface area contributed by atoms with Gasteiger partial charge in [-0.05, 0) is 18.9 Å². The molecule has 1 spiro atoms. The van der Waals surface area contributed by atoms with Crippen molar-refractivity contribution >= 4 is 17.7 Å². The average molecular weight is 579 g/mol. The summed E-state index contributed by atoms with van der Waals surface area (Å²) < 4.78 is 12.5. The molecule has 3 fully saturated rings. The van der Waals surface area contributed by atoms with Gasteiger partial charge in [0.05, 0.1) is 43.3 Å². The molecule has 5 heterocycles. The van der Waals surface area contributed by atoms with Crippen LogP contribution in [-0.4, -0.2) is 125 Å². The van der Waals surface area contributed by atoms with E-state index in [1.807, 2.05) is 61.6 Å². The van der Waals surface area contributed by atoms with Gasteiger partial charge in [0.25, 0.3) is 0 Å². The number of nitrogens with zero attached hydrogens (tertiary/aromatic N) is 4. The summed E-state index contributed by atoms with van der Waals surface area (Å²) in [7, 11) is 0. The highest BCUT2D eigenvalue weighted by Gasteiger charge is 2.75. The van der Waals surface area contributed by atoms with E-state index < -0.39 is 35.1 Å². The number of benzene rings is 1. The molecule has 10 heteroatoms. The van der Waals surface area contributed by atoms with E-state index in [0.29, 0.717) is 52.4 Å². The van der Waals surface area contributed by atoms with E-state index in [1.54, 1.807) is 16.7 Å². The molecule has 5 aliphatic rings. The van der Waals surface area contributed by atoms with Crippen molar-refractivity contribution in [2.45, 2.75) is 50.1 Å². The zero-order valence-electron chi connectivity index (χ0n) is 24.6. The summed E-state index contributed by atoms with van der Waals surface area (Å²) in [5.41, 5.74) is -1.34. The number of rotatable bonds is 8. The van der Waals surface area contributed by atoms with Crippen molar-refractivity contribution in [3.8, 4) is 0 Å². The van der Waals surface area contributed by atoms with Crippen LogP contribution in [0.5, 0.6) is 0 Å². The first-order valence-corrected chi connectivity index (χ1v) is 15.3. The fraction of sp³-hybridized carbons (Fsp3) is 0.594. The molecule has 1 N–H and O–H groups in total. The molecule has 1 aromatic rings. The number of carbonyl (C=O) groups excluding carboxylic acids is 3. The van der Waals surface area contributed by atoms with E-state index in [2.05, 4.69) is 4.90 Å². The lowest BCUT2D eigenvalue weighted by atomic mass is 9.73. The highest BCUT2D eigenvalue weighted by molar-refractivity contribution is 6.00. The molecule has 0 bridgehead atoms. The zero-order valence-corrected chi connectivity index (χ0v) is 24.6. The van der Waals surface area contributed by atoms with Crippen LogP contribution in [0.1, 0.15) is 25.8 Å². The first-order chi connectivity index (χ1) is 20.3. The fourth-order valence-electron chi connectivity index (χ4n) is 7.59. The lowest BCUT2D eigenvalue weighted by Crippen LogP contribution is -2.59. The topological polar surface area (TPSA) is 103 Å². The van der Waals surface area contributed by atoms with Crippen LogP contribution in [0.15, 0.2) is 54.6 Å². The third-order valence-corrected chi connectivity index (χ3v) is 9.79. The van der Waals surface area contributed by atoms with Gasteiger partial charge in [-0.3, -0.25) is 19.3 Å². The Morgan fingerprint density at radius 2 is 1.64 bits per heavy atom. The summed E-state index contributed by atoms with van der Waals surface area (Å²) in [4.78, 5) is 50.7. The molecule has 42 heavy (non-hydrogen) atoms. The summed E-state index contributed by atoms with van der Waals surface area (Å²) in [5, 5.41) is 10.2. The highest BCUT2D eigenvalue weighted by atomic mass is 16.5. The molecular formula is C32H42N4O6. The Labute approximate surface area is 247 Å². The Hall–Kier alpha value is -3.05. The molecule has 6 rings (SSSR count). The first kappa shape index (κ1) is 29.0. The van der Waals surface area contributed by atoms with Gasteiger partial charge in [-0.1, -0.05) is 61.6 Å². The molecule has 1 unspecified atom stereocenters. The number of hydrogen-bond donors (Lipinski definition) is 1. The van der Waals surface area contributed by atoms with Crippen LogP contribution in [0, 0.1) is 11.8 Å². The maximum Gasteiger partial charge on any atom is 0.249 e. The second-order valence-corrected chi connectivity index (χ2v) is 12.1. The van der Waals surface area contributed by atoms with Crippen molar-refractivity contribution in [3.05, 3.63) is 60.2 Å². The number of likely N-dealkylation sites (tertiary alicyclic amines) is 1.